The SMILES string of the molecule is Cc1cccc(CS(=O)(=O)N2CCC(C(=O)Nc3cccc(Br)c3)CC2)c1. The van der Waals surface area contributed by atoms with Gasteiger partial charge in [0.1, 0.15) is 0 Å². The van der Waals surface area contributed by atoms with Gasteiger partial charge in [-0.1, -0.05) is 51.8 Å². The van der Waals surface area contributed by atoms with Gasteiger partial charge in [0.05, 0.1) is 5.75 Å². The fraction of sp³-hybridized carbons (Fsp3) is 0.350. The molecule has 0 spiro atoms. The van der Waals surface area contributed by atoms with Crippen LogP contribution in [0.1, 0.15) is 24.0 Å². The molecule has 1 N–H and O–H groups in total. The minimum atomic E-state index is -3.37. The minimum absolute atomic E-state index is 0.00356. The van der Waals surface area contributed by atoms with Crippen molar-refractivity contribution in [2.24, 2.45) is 5.92 Å². The van der Waals surface area contributed by atoms with Crippen LogP contribution in [0.15, 0.2) is 53.0 Å². The number of anilines is 1. The van der Waals surface area contributed by atoms with Crippen molar-refractivity contribution in [2.75, 3.05) is 18.4 Å². The summed E-state index contributed by atoms with van der Waals surface area (Å²) in [5, 5.41) is 2.92. The molecule has 0 bridgehead atoms. The lowest BCUT2D eigenvalue weighted by molar-refractivity contribution is -0.120. The van der Waals surface area contributed by atoms with Crippen LogP contribution in [0.3, 0.4) is 0 Å². The standard InChI is InChI=1S/C20H23BrN2O3S/c1-15-4-2-5-16(12-15)14-27(25,26)23-10-8-17(9-11-23)20(24)22-19-7-3-6-18(21)13-19/h2-7,12-13,17H,8-11,14H2,1H3,(H,22,24). The molecular weight excluding hydrogens is 428 g/mol. The molecule has 3 rings (SSSR count). The fourth-order valence-electron chi connectivity index (χ4n) is 3.31. The van der Waals surface area contributed by atoms with E-state index in [1.165, 1.54) is 4.31 Å². The molecule has 0 aliphatic carbocycles. The van der Waals surface area contributed by atoms with Crippen molar-refractivity contribution in [3.05, 3.63) is 64.1 Å². The lowest BCUT2D eigenvalue weighted by Crippen LogP contribution is -2.41. The Hall–Kier alpha value is -1.70. The van der Waals surface area contributed by atoms with Crippen molar-refractivity contribution >= 4 is 37.5 Å². The molecule has 0 radical (unpaired) electrons. The van der Waals surface area contributed by atoms with Gasteiger partial charge >= 0.3 is 0 Å². The monoisotopic (exact) mass is 450 g/mol. The summed E-state index contributed by atoms with van der Waals surface area (Å²) in [6.07, 6.45) is 1.07. The maximum Gasteiger partial charge on any atom is 0.227 e. The zero-order valence-corrected chi connectivity index (χ0v) is 17.6. The smallest absolute Gasteiger partial charge is 0.227 e. The molecule has 144 valence electrons. The maximum absolute atomic E-state index is 12.7. The van der Waals surface area contributed by atoms with E-state index in [0.29, 0.717) is 25.9 Å². The van der Waals surface area contributed by atoms with E-state index in [1.807, 2.05) is 55.5 Å². The lowest BCUT2D eigenvalue weighted by Gasteiger charge is -2.30. The van der Waals surface area contributed by atoms with Gasteiger partial charge in [0.15, 0.2) is 0 Å². The molecule has 2 aromatic rings. The highest BCUT2D eigenvalue weighted by Gasteiger charge is 2.31. The first-order chi connectivity index (χ1) is 12.8. The first kappa shape index (κ1) is 20.0. The number of hydrogen-bond acceptors (Lipinski definition) is 3. The molecule has 1 aliphatic rings. The Morgan fingerprint density at radius 2 is 1.85 bits per heavy atom. The maximum atomic E-state index is 12.7. The van der Waals surface area contributed by atoms with E-state index in [9.17, 15) is 13.2 Å². The van der Waals surface area contributed by atoms with Crippen LogP contribution in [0.4, 0.5) is 5.69 Å². The average molecular weight is 451 g/mol. The van der Waals surface area contributed by atoms with Crippen molar-refractivity contribution in [3.63, 3.8) is 0 Å². The summed E-state index contributed by atoms with van der Waals surface area (Å²) in [4.78, 5) is 12.5. The minimum Gasteiger partial charge on any atom is -0.326 e. The van der Waals surface area contributed by atoms with Crippen LogP contribution in [-0.4, -0.2) is 31.7 Å². The Morgan fingerprint density at radius 1 is 1.15 bits per heavy atom. The van der Waals surface area contributed by atoms with Crippen molar-refractivity contribution in [1.29, 1.82) is 0 Å². The zero-order chi connectivity index (χ0) is 19.4. The molecule has 0 atom stereocenters. The van der Waals surface area contributed by atoms with Gasteiger partial charge in [0, 0.05) is 29.2 Å². The van der Waals surface area contributed by atoms with Gasteiger partial charge in [0.2, 0.25) is 15.9 Å². The molecule has 5 nitrogen and oxygen atoms in total. The molecule has 0 aromatic heterocycles. The molecule has 1 aliphatic heterocycles. The molecule has 0 unspecified atom stereocenters. The summed E-state index contributed by atoms with van der Waals surface area (Å²) in [7, 11) is -3.37. The molecular formula is C20H23BrN2O3S. The zero-order valence-electron chi connectivity index (χ0n) is 15.2. The Kier molecular flexibility index (Phi) is 6.34. The number of hydrogen-bond donors (Lipinski definition) is 1. The first-order valence-corrected chi connectivity index (χ1v) is 11.3. The molecule has 1 amide bonds. The Bertz CT molecular complexity index is 922. The molecule has 2 aromatic carbocycles. The van der Waals surface area contributed by atoms with Crippen LogP contribution in [0.2, 0.25) is 0 Å². The van der Waals surface area contributed by atoms with E-state index in [4.69, 9.17) is 0 Å². The largest absolute Gasteiger partial charge is 0.326 e. The van der Waals surface area contributed by atoms with E-state index in [0.717, 1.165) is 21.3 Å². The second-order valence-corrected chi connectivity index (χ2v) is 9.80. The Labute approximate surface area is 169 Å². The number of nitrogens with zero attached hydrogens (tertiary/aromatic N) is 1. The second kappa shape index (κ2) is 8.54. The van der Waals surface area contributed by atoms with Gasteiger partial charge in [-0.3, -0.25) is 4.79 Å². The number of carbonyl (C=O) groups is 1. The van der Waals surface area contributed by atoms with Gasteiger partial charge in [-0.25, -0.2) is 12.7 Å². The molecule has 1 fully saturated rings. The summed E-state index contributed by atoms with van der Waals surface area (Å²) >= 11 is 3.38. The lowest BCUT2D eigenvalue weighted by atomic mass is 9.97. The molecule has 0 saturated carbocycles. The molecule has 1 saturated heterocycles. The van der Waals surface area contributed by atoms with E-state index in [-0.39, 0.29) is 17.6 Å². The highest BCUT2D eigenvalue weighted by Crippen LogP contribution is 2.24. The summed E-state index contributed by atoms with van der Waals surface area (Å²) in [5.74, 6) is -0.220. The van der Waals surface area contributed by atoms with Crippen molar-refractivity contribution < 1.29 is 13.2 Å². The molecule has 1 heterocycles. The van der Waals surface area contributed by atoms with Gasteiger partial charge < -0.3 is 5.32 Å². The molecule has 7 heteroatoms. The Morgan fingerprint density at radius 3 is 2.52 bits per heavy atom. The number of halogens is 1. The second-order valence-electron chi connectivity index (χ2n) is 6.92. The van der Waals surface area contributed by atoms with E-state index in [2.05, 4.69) is 21.2 Å². The third kappa shape index (κ3) is 5.40. The van der Waals surface area contributed by atoms with Crippen LogP contribution in [-0.2, 0) is 20.6 Å². The van der Waals surface area contributed by atoms with Gasteiger partial charge in [-0.15, -0.1) is 0 Å². The van der Waals surface area contributed by atoms with Crippen molar-refractivity contribution in [3.8, 4) is 0 Å². The summed E-state index contributed by atoms with van der Waals surface area (Å²) in [5.41, 5.74) is 2.58. The average Bonchev–Trinajstić information content (AvgIpc) is 2.61. The van der Waals surface area contributed by atoms with Gasteiger partial charge in [-0.2, -0.15) is 0 Å². The van der Waals surface area contributed by atoms with Crippen LogP contribution in [0.25, 0.3) is 0 Å². The Balaban J connectivity index is 1.57. The highest BCUT2D eigenvalue weighted by molar-refractivity contribution is 9.10. The third-order valence-corrected chi connectivity index (χ3v) is 7.09. The van der Waals surface area contributed by atoms with Gasteiger partial charge in [0.25, 0.3) is 0 Å². The topological polar surface area (TPSA) is 66.5 Å². The summed E-state index contributed by atoms with van der Waals surface area (Å²) in [6.45, 7) is 2.71. The molecule has 27 heavy (non-hydrogen) atoms. The van der Waals surface area contributed by atoms with Crippen molar-refractivity contribution in [1.82, 2.24) is 4.31 Å². The van der Waals surface area contributed by atoms with E-state index in [1.54, 1.807) is 0 Å². The van der Waals surface area contributed by atoms with E-state index >= 15 is 0 Å². The number of amides is 1. The van der Waals surface area contributed by atoms with Crippen LogP contribution >= 0.6 is 15.9 Å². The summed E-state index contributed by atoms with van der Waals surface area (Å²) < 4.78 is 27.8. The number of piperidine rings is 1. The van der Waals surface area contributed by atoms with E-state index < -0.39 is 10.0 Å². The number of sulfonamides is 1. The van der Waals surface area contributed by atoms with Crippen LogP contribution < -0.4 is 5.32 Å². The fourth-order valence-corrected chi connectivity index (χ4v) is 5.26. The van der Waals surface area contributed by atoms with Crippen LogP contribution in [0, 0.1) is 12.8 Å². The highest BCUT2D eigenvalue weighted by atomic mass is 79.9. The van der Waals surface area contributed by atoms with Gasteiger partial charge in [-0.05, 0) is 43.5 Å². The van der Waals surface area contributed by atoms with Crippen molar-refractivity contribution in [2.45, 2.75) is 25.5 Å². The number of aryl methyl sites for hydroxylation is 1. The predicted octanol–water partition coefficient (Wildman–Crippen LogP) is 3.94. The number of rotatable bonds is 5. The third-order valence-electron chi connectivity index (χ3n) is 4.74. The first-order valence-electron chi connectivity index (χ1n) is 8.93. The number of benzene rings is 2. The van der Waals surface area contributed by atoms with Crippen LogP contribution in [0.5, 0.6) is 0 Å². The summed E-state index contributed by atoms with van der Waals surface area (Å²) in [6, 6.07) is 15.0. The number of carbonyl (C=O) groups excluding carboxylic acids is 1. The number of nitrogens with one attached hydrogen (secondary N) is 1. The predicted molar refractivity (Wildman–Crippen MR) is 111 cm³/mol. The normalized spacial score (nSPS) is 16.2. The quantitative estimate of drug-likeness (QED) is 0.749.